The molecule has 2 rings (SSSR count). The lowest BCUT2D eigenvalue weighted by Crippen LogP contribution is -2.10. The molecule has 0 aliphatic heterocycles. The Labute approximate surface area is 117 Å². The third kappa shape index (κ3) is 3.38. The first-order chi connectivity index (χ1) is 9.24. The minimum Gasteiger partial charge on any atom is -0.497 e. The van der Waals surface area contributed by atoms with Crippen molar-refractivity contribution in [3.63, 3.8) is 0 Å². The zero-order valence-electron chi connectivity index (χ0n) is 11.1. The maximum Gasteiger partial charge on any atom is 0.146 e. The van der Waals surface area contributed by atoms with Crippen molar-refractivity contribution in [1.29, 1.82) is 0 Å². The Balaban J connectivity index is 2.07. The highest BCUT2D eigenvalue weighted by atomic mass is 35.5. The molecule has 0 amide bonds. The van der Waals surface area contributed by atoms with Crippen molar-refractivity contribution in [2.45, 2.75) is 26.4 Å². The van der Waals surface area contributed by atoms with Crippen LogP contribution in [0.3, 0.4) is 0 Å². The van der Waals surface area contributed by atoms with Gasteiger partial charge in [0.05, 0.1) is 24.4 Å². The van der Waals surface area contributed by atoms with Crippen LogP contribution in [0.1, 0.15) is 19.2 Å². The first-order valence-electron chi connectivity index (χ1n) is 6.18. The van der Waals surface area contributed by atoms with Crippen LogP contribution in [0.4, 0.5) is 5.69 Å². The zero-order chi connectivity index (χ0) is 13.7. The molecule has 1 aromatic carbocycles. The number of rotatable bonds is 6. The van der Waals surface area contributed by atoms with E-state index in [0.717, 1.165) is 30.2 Å². The molecule has 0 atom stereocenters. The van der Waals surface area contributed by atoms with E-state index in [1.54, 1.807) is 19.5 Å². The second-order valence-electron chi connectivity index (χ2n) is 4.10. The molecule has 102 valence electrons. The van der Waals surface area contributed by atoms with Gasteiger partial charge in [0, 0.05) is 12.6 Å². The van der Waals surface area contributed by atoms with Gasteiger partial charge in [-0.25, -0.2) is 9.67 Å². The standard InChI is InChI=1S/C13H17ClN4O/c1-3-6-18-13(16-9-17-18)8-15-12-7-10(19-2)4-5-11(12)14/h4-5,7,9,15H,3,6,8H2,1-2H3. The summed E-state index contributed by atoms with van der Waals surface area (Å²) in [5.41, 5.74) is 0.826. The molecule has 2 aromatic rings. The van der Waals surface area contributed by atoms with Crippen molar-refractivity contribution >= 4 is 17.3 Å². The van der Waals surface area contributed by atoms with E-state index < -0.39 is 0 Å². The van der Waals surface area contributed by atoms with E-state index in [4.69, 9.17) is 16.3 Å². The highest BCUT2D eigenvalue weighted by Gasteiger charge is 2.06. The molecule has 0 saturated carbocycles. The first-order valence-corrected chi connectivity index (χ1v) is 6.56. The predicted molar refractivity (Wildman–Crippen MR) is 75.6 cm³/mol. The molecule has 0 aliphatic rings. The Kier molecular flexibility index (Phi) is 4.63. The topological polar surface area (TPSA) is 52.0 Å². The fourth-order valence-corrected chi connectivity index (χ4v) is 1.95. The summed E-state index contributed by atoms with van der Waals surface area (Å²) in [6.45, 7) is 3.55. The summed E-state index contributed by atoms with van der Waals surface area (Å²) < 4.78 is 7.07. The molecule has 19 heavy (non-hydrogen) atoms. The maximum absolute atomic E-state index is 6.13. The van der Waals surface area contributed by atoms with Crippen LogP contribution in [0.15, 0.2) is 24.5 Å². The van der Waals surface area contributed by atoms with Gasteiger partial charge >= 0.3 is 0 Å². The van der Waals surface area contributed by atoms with Gasteiger partial charge in [-0.3, -0.25) is 0 Å². The van der Waals surface area contributed by atoms with Gasteiger partial charge in [-0.05, 0) is 18.6 Å². The number of benzene rings is 1. The van der Waals surface area contributed by atoms with Gasteiger partial charge in [0.2, 0.25) is 0 Å². The summed E-state index contributed by atoms with van der Waals surface area (Å²) in [6, 6.07) is 5.50. The average Bonchev–Trinajstić information content (AvgIpc) is 2.86. The molecular formula is C13H17ClN4O. The van der Waals surface area contributed by atoms with Crippen LogP contribution in [-0.4, -0.2) is 21.9 Å². The number of ether oxygens (including phenoxy) is 1. The molecule has 1 heterocycles. The summed E-state index contributed by atoms with van der Waals surface area (Å²) in [6.07, 6.45) is 2.59. The monoisotopic (exact) mass is 280 g/mol. The first kappa shape index (κ1) is 13.7. The van der Waals surface area contributed by atoms with Crippen LogP contribution in [0.2, 0.25) is 5.02 Å². The average molecular weight is 281 g/mol. The highest BCUT2D eigenvalue weighted by Crippen LogP contribution is 2.26. The lowest BCUT2D eigenvalue weighted by atomic mass is 10.3. The van der Waals surface area contributed by atoms with Gasteiger partial charge in [0.25, 0.3) is 0 Å². The van der Waals surface area contributed by atoms with Gasteiger partial charge in [0.15, 0.2) is 0 Å². The third-order valence-corrected chi connectivity index (χ3v) is 3.07. The van der Waals surface area contributed by atoms with Gasteiger partial charge < -0.3 is 10.1 Å². The minimum absolute atomic E-state index is 0.576. The molecule has 0 fully saturated rings. The number of nitrogens with one attached hydrogen (secondary N) is 1. The lowest BCUT2D eigenvalue weighted by molar-refractivity contribution is 0.415. The second kappa shape index (κ2) is 6.43. The SMILES string of the molecule is CCCn1ncnc1CNc1cc(OC)ccc1Cl. The highest BCUT2D eigenvalue weighted by molar-refractivity contribution is 6.33. The maximum atomic E-state index is 6.13. The fraction of sp³-hybridized carbons (Fsp3) is 0.385. The predicted octanol–water partition coefficient (Wildman–Crippen LogP) is 2.96. The molecule has 0 saturated heterocycles. The van der Waals surface area contributed by atoms with Crippen molar-refractivity contribution < 1.29 is 4.74 Å². The molecular weight excluding hydrogens is 264 g/mol. The number of hydrogen-bond donors (Lipinski definition) is 1. The van der Waals surface area contributed by atoms with Crippen molar-refractivity contribution in [2.24, 2.45) is 0 Å². The summed E-state index contributed by atoms with van der Waals surface area (Å²) in [5.74, 6) is 1.66. The number of aryl methyl sites for hydroxylation is 1. The molecule has 0 spiro atoms. The van der Waals surface area contributed by atoms with E-state index in [-0.39, 0.29) is 0 Å². The molecule has 5 nitrogen and oxygen atoms in total. The lowest BCUT2D eigenvalue weighted by Gasteiger charge is -2.10. The normalized spacial score (nSPS) is 10.5. The van der Waals surface area contributed by atoms with Crippen LogP contribution < -0.4 is 10.1 Å². The third-order valence-electron chi connectivity index (χ3n) is 2.74. The number of hydrogen-bond acceptors (Lipinski definition) is 4. The van der Waals surface area contributed by atoms with Crippen molar-refractivity contribution in [1.82, 2.24) is 14.8 Å². The number of halogens is 1. The smallest absolute Gasteiger partial charge is 0.146 e. The quantitative estimate of drug-likeness (QED) is 0.884. The Bertz CT molecular complexity index is 541. The minimum atomic E-state index is 0.576. The van der Waals surface area contributed by atoms with Crippen LogP contribution in [0.5, 0.6) is 5.75 Å². The molecule has 0 unspecified atom stereocenters. The largest absolute Gasteiger partial charge is 0.497 e. The van der Waals surface area contributed by atoms with E-state index in [1.807, 2.05) is 16.8 Å². The number of anilines is 1. The van der Waals surface area contributed by atoms with Crippen LogP contribution >= 0.6 is 11.6 Å². The number of aromatic nitrogens is 3. The summed E-state index contributed by atoms with van der Waals surface area (Å²) in [5, 5.41) is 8.09. The molecule has 0 radical (unpaired) electrons. The van der Waals surface area contributed by atoms with Crippen molar-refractivity contribution in [3.8, 4) is 5.75 Å². The van der Waals surface area contributed by atoms with Crippen LogP contribution in [0, 0.1) is 0 Å². The Morgan fingerprint density at radius 1 is 1.42 bits per heavy atom. The molecule has 0 aliphatic carbocycles. The van der Waals surface area contributed by atoms with Gasteiger partial charge in [-0.15, -0.1) is 0 Å². The van der Waals surface area contributed by atoms with E-state index >= 15 is 0 Å². The van der Waals surface area contributed by atoms with Gasteiger partial charge in [-0.1, -0.05) is 18.5 Å². The number of nitrogens with zero attached hydrogens (tertiary/aromatic N) is 3. The number of methoxy groups -OCH3 is 1. The Morgan fingerprint density at radius 2 is 2.26 bits per heavy atom. The van der Waals surface area contributed by atoms with Gasteiger partial charge in [0.1, 0.15) is 17.9 Å². The van der Waals surface area contributed by atoms with Crippen LogP contribution in [-0.2, 0) is 13.1 Å². The van der Waals surface area contributed by atoms with Crippen molar-refractivity contribution in [3.05, 3.63) is 35.4 Å². The molecule has 1 aromatic heterocycles. The van der Waals surface area contributed by atoms with Crippen molar-refractivity contribution in [2.75, 3.05) is 12.4 Å². The van der Waals surface area contributed by atoms with Crippen LogP contribution in [0.25, 0.3) is 0 Å². The molecule has 6 heteroatoms. The summed E-state index contributed by atoms with van der Waals surface area (Å²) >= 11 is 6.13. The van der Waals surface area contributed by atoms with E-state index in [9.17, 15) is 0 Å². The summed E-state index contributed by atoms with van der Waals surface area (Å²) in [7, 11) is 1.63. The summed E-state index contributed by atoms with van der Waals surface area (Å²) in [4.78, 5) is 4.24. The molecule has 1 N–H and O–H groups in total. The zero-order valence-corrected chi connectivity index (χ0v) is 11.8. The van der Waals surface area contributed by atoms with Gasteiger partial charge in [-0.2, -0.15) is 5.10 Å². The van der Waals surface area contributed by atoms with E-state index in [1.165, 1.54) is 0 Å². The molecule has 0 bridgehead atoms. The second-order valence-corrected chi connectivity index (χ2v) is 4.51. The Hall–Kier alpha value is -1.75. The van der Waals surface area contributed by atoms with E-state index in [0.29, 0.717) is 11.6 Å². The Morgan fingerprint density at radius 3 is 3.00 bits per heavy atom. The fourth-order valence-electron chi connectivity index (χ4n) is 1.76. The van der Waals surface area contributed by atoms with E-state index in [2.05, 4.69) is 22.3 Å².